The fraction of sp³-hybridized carbons (Fsp3) is 0.320. The maximum atomic E-state index is 12.7. The summed E-state index contributed by atoms with van der Waals surface area (Å²) in [6.07, 6.45) is 2.53. The van der Waals surface area contributed by atoms with Gasteiger partial charge in [0.25, 0.3) is 5.62 Å². The number of imidazole rings is 1. The SMILES string of the molecule is CCOC(=O)c1c(SC)nc(CC)n1Cc1ccc(-c2ccccc2N(N(C)C)S(=O)(=O)C=O)cc1. The second-order valence-corrected chi connectivity index (χ2v) is 10.4. The lowest BCUT2D eigenvalue weighted by molar-refractivity contribution is 0.0509. The maximum Gasteiger partial charge on any atom is 0.357 e. The Balaban J connectivity index is 2.01. The summed E-state index contributed by atoms with van der Waals surface area (Å²) in [4.78, 5) is 28.6. The number of aryl methyl sites for hydroxylation is 1. The smallest absolute Gasteiger partial charge is 0.357 e. The Bertz CT molecular complexity index is 1330. The zero-order valence-corrected chi connectivity index (χ0v) is 22.6. The average molecular weight is 531 g/mol. The number of thioether (sulfide) groups is 1. The molecule has 0 fully saturated rings. The Morgan fingerprint density at radius 2 is 1.78 bits per heavy atom. The number of esters is 1. The molecule has 0 spiro atoms. The number of hydrogen-bond donors (Lipinski definition) is 0. The van der Waals surface area contributed by atoms with Crippen molar-refractivity contribution >= 4 is 39.1 Å². The third kappa shape index (κ3) is 5.63. The summed E-state index contributed by atoms with van der Waals surface area (Å²) in [6, 6.07) is 14.6. The van der Waals surface area contributed by atoms with E-state index < -0.39 is 16.0 Å². The molecule has 0 saturated heterocycles. The van der Waals surface area contributed by atoms with Crippen molar-refractivity contribution in [2.24, 2.45) is 0 Å². The molecule has 0 aliphatic carbocycles. The maximum absolute atomic E-state index is 12.7. The molecule has 9 nitrogen and oxygen atoms in total. The minimum absolute atomic E-state index is 0.0622. The van der Waals surface area contributed by atoms with E-state index in [0.29, 0.717) is 34.9 Å². The first-order chi connectivity index (χ1) is 17.2. The van der Waals surface area contributed by atoms with Crippen LogP contribution >= 0.6 is 11.8 Å². The molecule has 0 aliphatic rings. The van der Waals surface area contributed by atoms with Gasteiger partial charge in [0.1, 0.15) is 10.9 Å². The lowest BCUT2D eigenvalue weighted by Gasteiger charge is -2.29. The van der Waals surface area contributed by atoms with Gasteiger partial charge in [-0.2, -0.15) is 12.8 Å². The van der Waals surface area contributed by atoms with E-state index in [-0.39, 0.29) is 12.2 Å². The number of aromatic nitrogens is 2. The van der Waals surface area contributed by atoms with E-state index in [2.05, 4.69) is 4.98 Å². The second kappa shape index (κ2) is 11.7. The van der Waals surface area contributed by atoms with E-state index >= 15 is 0 Å². The van der Waals surface area contributed by atoms with Crippen molar-refractivity contribution in [3.63, 3.8) is 0 Å². The van der Waals surface area contributed by atoms with Gasteiger partial charge in [-0.25, -0.2) is 14.8 Å². The number of hydrazine groups is 1. The normalized spacial score (nSPS) is 11.5. The van der Waals surface area contributed by atoms with Crippen LogP contribution in [-0.4, -0.2) is 61.5 Å². The third-order valence-corrected chi connectivity index (χ3v) is 7.35. The van der Waals surface area contributed by atoms with Gasteiger partial charge in [-0.3, -0.25) is 4.79 Å². The Kier molecular flexibility index (Phi) is 8.93. The molecule has 0 amide bonds. The zero-order chi connectivity index (χ0) is 26.5. The molecule has 0 atom stereocenters. The molecule has 0 unspecified atom stereocenters. The highest BCUT2D eigenvalue weighted by Crippen LogP contribution is 2.33. The summed E-state index contributed by atoms with van der Waals surface area (Å²) in [5.41, 5.74) is 3.10. The van der Waals surface area contributed by atoms with Crippen molar-refractivity contribution in [2.75, 3.05) is 31.4 Å². The quantitative estimate of drug-likeness (QED) is 0.159. The number of hydrogen-bond acceptors (Lipinski definition) is 8. The molecule has 0 aliphatic heterocycles. The number of para-hydroxylation sites is 1. The number of rotatable bonds is 11. The van der Waals surface area contributed by atoms with Crippen LogP contribution in [0.4, 0.5) is 5.69 Å². The molecule has 0 N–H and O–H groups in total. The van der Waals surface area contributed by atoms with Gasteiger partial charge < -0.3 is 9.30 Å². The minimum atomic E-state index is -4.19. The Morgan fingerprint density at radius 3 is 2.33 bits per heavy atom. The standard InChI is InChI=1S/C25H30N4O5S2/c1-6-22-26-24(35-5)23(25(31)34-7-2)28(22)16-18-12-14-19(15-13-18)20-10-8-9-11-21(20)29(27(3)4)36(32,33)17-30/h8-15,17H,6-7,16H2,1-5H3. The number of sulfonamides is 1. The van der Waals surface area contributed by atoms with Gasteiger partial charge in [-0.15, -0.1) is 11.8 Å². The second-order valence-electron chi connectivity index (χ2n) is 7.99. The first-order valence-electron chi connectivity index (χ1n) is 11.3. The molecule has 0 bridgehead atoms. The summed E-state index contributed by atoms with van der Waals surface area (Å²) in [5.74, 6) is 0.386. The Labute approximate surface area is 216 Å². The molecule has 36 heavy (non-hydrogen) atoms. The van der Waals surface area contributed by atoms with Crippen LogP contribution in [0.1, 0.15) is 35.7 Å². The van der Waals surface area contributed by atoms with Crippen LogP contribution in [0.2, 0.25) is 0 Å². The summed E-state index contributed by atoms with van der Waals surface area (Å²) >= 11 is 1.41. The molecular weight excluding hydrogens is 500 g/mol. The molecule has 1 aromatic heterocycles. The lowest BCUT2D eigenvalue weighted by Crippen LogP contribution is -2.42. The highest BCUT2D eigenvalue weighted by atomic mass is 32.2. The highest BCUT2D eigenvalue weighted by molar-refractivity contribution is 8.05. The molecule has 3 aromatic rings. The van der Waals surface area contributed by atoms with Crippen molar-refractivity contribution in [1.29, 1.82) is 0 Å². The van der Waals surface area contributed by atoms with Crippen molar-refractivity contribution in [3.8, 4) is 11.1 Å². The van der Waals surface area contributed by atoms with Gasteiger partial charge in [0.05, 0.1) is 12.3 Å². The largest absolute Gasteiger partial charge is 0.461 e. The van der Waals surface area contributed by atoms with E-state index in [9.17, 15) is 18.0 Å². The van der Waals surface area contributed by atoms with Crippen molar-refractivity contribution in [3.05, 3.63) is 65.6 Å². The fourth-order valence-corrected chi connectivity index (χ4v) is 5.49. The van der Waals surface area contributed by atoms with Gasteiger partial charge >= 0.3 is 16.0 Å². The molecule has 1 heterocycles. The summed E-state index contributed by atoms with van der Waals surface area (Å²) in [7, 11) is -1.08. The van der Waals surface area contributed by atoms with Gasteiger partial charge in [-0.05, 0) is 30.4 Å². The fourth-order valence-electron chi connectivity index (χ4n) is 3.93. The molecule has 0 saturated carbocycles. The molecular formula is C25H30N4O5S2. The van der Waals surface area contributed by atoms with Crippen molar-refractivity contribution in [1.82, 2.24) is 14.6 Å². The predicted molar refractivity (Wildman–Crippen MR) is 142 cm³/mol. The van der Waals surface area contributed by atoms with E-state index in [1.54, 1.807) is 39.2 Å². The molecule has 11 heteroatoms. The van der Waals surface area contributed by atoms with E-state index in [4.69, 9.17) is 4.74 Å². The predicted octanol–water partition coefficient (Wildman–Crippen LogP) is 3.86. The first-order valence-corrected chi connectivity index (χ1v) is 14.1. The topological polar surface area (TPSA) is 102 Å². The number of ether oxygens (including phenoxy) is 1. The van der Waals surface area contributed by atoms with Crippen LogP contribution in [0, 0.1) is 0 Å². The number of carbonyl (C=O) groups is 2. The number of carbonyl (C=O) groups excluding carboxylic acids is 2. The highest BCUT2D eigenvalue weighted by Gasteiger charge is 2.27. The van der Waals surface area contributed by atoms with Gasteiger partial charge in [0.2, 0.25) is 0 Å². The van der Waals surface area contributed by atoms with Gasteiger partial charge in [0, 0.05) is 32.6 Å². The Morgan fingerprint density at radius 1 is 1.11 bits per heavy atom. The third-order valence-electron chi connectivity index (χ3n) is 5.43. The molecule has 3 rings (SSSR count). The minimum Gasteiger partial charge on any atom is -0.461 e. The van der Waals surface area contributed by atoms with E-state index in [1.165, 1.54) is 16.8 Å². The number of nitrogens with zero attached hydrogens (tertiary/aromatic N) is 4. The lowest BCUT2D eigenvalue weighted by atomic mass is 10.0. The summed E-state index contributed by atoms with van der Waals surface area (Å²) < 4.78 is 33.1. The van der Waals surface area contributed by atoms with Crippen LogP contribution in [0.3, 0.4) is 0 Å². The van der Waals surface area contributed by atoms with Crippen LogP contribution in [0.25, 0.3) is 11.1 Å². The van der Waals surface area contributed by atoms with Gasteiger partial charge in [-0.1, -0.05) is 49.4 Å². The first kappa shape index (κ1) is 27.4. The number of benzene rings is 2. The van der Waals surface area contributed by atoms with E-state index in [0.717, 1.165) is 21.4 Å². The number of anilines is 1. The Hall–Kier alpha value is -3.15. The summed E-state index contributed by atoms with van der Waals surface area (Å²) in [5, 5.41) is 1.98. The molecule has 192 valence electrons. The van der Waals surface area contributed by atoms with Crippen LogP contribution in [-0.2, 0) is 32.5 Å². The van der Waals surface area contributed by atoms with Crippen molar-refractivity contribution in [2.45, 2.75) is 31.8 Å². The van der Waals surface area contributed by atoms with Crippen LogP contribution in [0.15, 0.2) is 53.6 Å². The summed E-state index contributed by atoms with van der Waals surface area (Å²) in [6.45, 7) is 4.46. The molecule has 2 aromatic carbocycles. The monoisotopic (exact) mass is 530 g/mol. The van der Waals surface area contributed by atoms with Gasteiger partial charge in [0.15, 0.2) is 5.69 Å². The molecule has 0 radical (unpaired) electrons. The van der Waals surface area contributed by atoms with Crippen LogP contribution < -0.4 is 4.41 Å². The van der Waals surface area contributed by atoms with E-state index in [1.807, 2.05) is 48.1 Å². The van der Waals surface area contributed by atoms with Crippen LogP contribution in [0.5, 0.6) is 0 Å². The average Bonchev–Trinajstić information content (AvgIpc) is 3.22. The zero-order valence-electron chi connectivity index (χ0n) is 21.0. The van der Waals surface area contributed by atoms with Crippen molar-refractivity contribution < 1.29 is 22.7 Å².